The fourth-order valence-electron chi connectivity index (χ4n) is 1.22. The van der Waals surface area contributed by atoms with E-state index in [0.29, 0.717) is 5.39 Å². The minimum absolute atomic E-state index is 0.0836. The lowest BCUT2D eigenvalue weighted by molar-refractivity contribution is 0.451. The van der Waals surface area contributed by atoms with E-state index in [1.54, 1.807) is 0 Å². The van der Waals surface area contributed by atoms with Crippen molar-refractivity contribution in [1.82, 2.24) is 0 Å². The highest BCUT2D eigenvalue weighted by Crippen LogP contribution is 2.26. The second kappa shape index (κ2) is 2.52. The summed E-state index contributed by atoms with van der Waals surface area (Å²) < 4.78 is 4.56. The fraction of sp³-hybridized carbons (Fsp3) is 0. The van der Waals surface area contributed by atoms with Gasteiger partial charge in [-0.25, -0.2) is 4.79 Å². The third-order valence-electron chi connectivity index (χ3n) is 1.76. The minimum Gasteiger partial charge on any atom is -0.508 e. The molecule has 0 aliphatic carbocycles. The molecule has 0 saturated heterocycles. The van der Waals surface area contributed by atoms with Gasteiger partial charge >= 0.3 is 5.63 Å². The Bertz CT molecular complexity index is 512. The van der Waals surface area contributed by atoms with Gasteiger partial charge < -0.3 is 14.6 Å². The first-order valence-corrected chi connectivity index (χ1v) is 3.62. The molecule has 0 spiro atoms. The van der Waals surface area contributed by atoms with Crippen LogP contribution < -0.4 is 5.63 Å². The fourth-order valence-corrected chi connectivity index (χ4v) is 1.22. The van der Waals surface area contributed by atoms with Crippen molar-refractivity contribution < 1.29 is 14.6 Å². The second-order valence-corrected chi connectivity index (χ2v) is 2.64. The maximum atomic E-state index is 11.1. The van der Waals surface area contributed by atoms with E-state index in [1.165, 1.54) is 18.4 Å². The SMILES string of the molecule is O=c1occc2cc(O)cc(O)c12. The summed E-state index contributed by atoms with van der Waals surface area (Å²) in [6.07, 6.45) is 1.21. The van der Waals surface area contributed by atoms with Crippen LogP contribution in [0.5, 0.6) is 11.5 Å². The molecule has 0 bridgehead atoms. The first kappa shape index (κ1) is 7.67. The van der Waals surface area contributed by atoms with Crippen LogP contribution in [0, 0.1) is 0 Å². The van der Waals surface area contributed by atoms with Crippen molar-refractivity contribution in [3.05, 3.63) is 34.9 Å². The summed E-state index contributed by atoms with van der Waals surface area (Å²) in [6.45, 7) is 0. The zero-order valence-corrected chi connectivity index (χ0v) is 6.52. The highest BCUT2D eigenvalue weighted by atomic mass is 16.4. The zero-order chi connectivity index (χ0) is 9.42. The lowest BCUT2D eigenvalue weighted by atomic mass is 10.1. The zero-order valence-electron chi connectivity index (χ0n) is 6.52. The molecule has 2 N–H and O–H groups in total. The van der Waals surface area contributed by atoms with Gasteiger partial charge in [0, 0.05) is 6.07 Å². The highest BCUT2D eigenvalue weighted by molar-refractivity contribution is 5.87. The molecule has 0 aliphatic rings. The molecule has 0 radical (unpaired) electrons. The molecule has 0 aliphatic heterocycles. The van der Waals surface area contributed by atoms with Crippen molar-refractivity contribution in [3.63, 3.8) is 0 Å². The maximum absolute atomic E-state index is 11.1. The Hall–Kier alpha value is -1.97. The second-order valence-electron chi connectivity index (χ2n) is 2.64. The highest BCUT2D eigenvalue weighted by Gasteiger charge is 2.06. The van der Waals surface area contributed by atoms with E-state index in [0.717, 1.165) is 6.07 Å². The summed E-state index contributed by atoms with van der Waals surface area (Å²) in [5.41, 5.74) is -0.616. The molecule has 0 saturated carbocycles. The number of hydrogen-bond donors (Lipinski definition) is 2. The van der Waals surface area contributed by atoms with E-state index in [-0.39, 0.29) is 16.9 Å². The van der Waals surface area contributed by atoms with Gasteiger partial charge in [-0.3, -0.25) is 0 Å². The average molecular weight is 178 g/mol. The normalized spacial score (nSPS) is 10.5. The van der Waals surface area contributed by atoms with Crippen LogP contribution in [0.2, 0.25) is 0 Å². The topological polar surface area (TPSA) is 70.7 Å². The molecular formula is C9H6O4. The molecule has 0 amide bonds. The summed E-state index contributed by atoms with van der Waals surface area (Å²) in [4.78, 5) is 11.1. The molecule has 2 rings (SSSR count). The van der Waals surface area contributed by atoms with Gasteiger partial charge in [0.1, 0.15) is 16.9 Å². The number of aromatic hydroxyl groups is 2. The smallest absolute Gasteiger partial charge is 0.347 e. The van der Waals surface area contributed by atoms with Crippen LogP contribution in [0.1, 0.15) is 0 Å². The number of phenolic OH excluding ortho intramolecular Hbond substituents is 2. The Morgan fingerprint density at radius 2 is 2.00 bits per heavy atom. The maximum Gasteiger partial charge on any atom is 0.347 e. The van der Waals surface area contributed by atoms with Crippen molar-refractivity contribution in [2.75, 3.05) is 0 Å². The van der Waals surface area contributed by atoms with Crippen molar-refractivity contribution in [2.45, 2.75) is 0 Å². The Morgan fingerprint density at radius 1 is 1.23 bits per heavy atom. The summed E-state index contributed by atoms with van der Waals surface area (Å²) in [6, 6.07) is 3.97. The monoisotopic (exact) mass is 178 g/mol. The molecule has 2 aromatic rings. The van der Waals surface area contributed by atoms with Gasteiger partial charge in [-0.2, -0.15) is 0 Å². The van der Waals surface area contributed by atoms with Gasteiger partial charge in [-0.15, -0.1) is 0 Å². The van der Waals surface area contributed by atoms with Crippen LogP contribution >= 0.6 is 0 Å². The largest absolute Gasteiger partial charge is 0.508 e. The molecule has 0 atom stereocenters. The molecule has 0 unspecified atom stereocenters. The molecule has 1 aromatic heterocycles. The molecule has 4 nitrogen and oxygen atoms in total. The first-order chi connectivity index (χ1) is 6.18. The van der Waals surface area contributed by atoms with E-state index in [4.69, 9.17) is 5.11 Å². The van der Waals surface area contributed by atoms with Gasteiger partial charge in [0.2, 0.25) is 0 Å². The van der Waals surface area contributed by atoms with E-state index in [9.17, 15) is 9.90 Å². The van der Waals surface area contributed by atoms with Gasteiger partial charge in [-0.05, 0) is 17.5 Å². The summed E-state index contributed by atoms with van der Waals surface area (Å²) in [5.74, 6) is -0.361. The van der Waals surface area contributed by atoms with Crippen LogP contribution in [0.3, 0.4) is 0 Å². The molecule has 66 valence electrons. The van der Waals surface area contributed by atoms with Crippen LogP contribution in [-0.2, 0) is 0 Å². The molecule has 0 fully saturated rings. The number of rotatable bonds is 0. The average Bonchev–Trinajstić information content (AvgIpc) is 2.02. The lowest BCUT2D eigenvalue weighted by Crippen LogP contribution is -1.97. The van der Waals surface area contributed by atoms with E-state index >= 15 is 0 Å². The van der Waals surface area contributed by atoms with Crippen molar-refractivity contribution in [1.29, 1.82) is 0 Å². The van der Waals surface area contributed by atoms with Crippen LogP contribution in [-0.4, -0.2) is 10.2 Å². The summed E-state index contributed by atoms with van der Waals surface area (Å²) >= 11 is 0. The van der Waals surface area contributed by atoms with Gasteiger partial charge in [0.15, 0.2) is 0 Å². The molecular weight excluding hydrogens is 172 g/mol. The standard InChI is InChI=1S/C9H6O4/c10-6-3-5-1-2-13-9(12)8(5)7(11)4-6/h1-4,10-11H. The van der Waals surface area contributed by atoms with E-state index < -0.39 is 5.63 Å². The minimum atomic E-state index is -0.616. The van der Waals surface area contributed by atoms with E-state index in [1.807, 2.05) is 0 Å². The van der Waals surface area contributed by atoms with Crippen molar-refractivity contribution in [2.24, 2.45) is 0 Å². The Labute approximate surface area is 72.7 Å². The van der Waals surface area contributed by atoms with Crippen LogP contribution in [0.4, 0.5) is 0 Å². The van der Waals surface area contributed by atoms with Crippen LogP contribution in [0.25, 0.3) is 10.8 Å². The van der Waals surface area contributed by atoms with Crippen molar-refractivity contribution >= 4 is 10.8 Å². The predicted molar refractivity (Wildman–Crippen MR) is 45.8 cm³/mol. The Balaban J connectivity index is 3.03. The number of fused-ring (bicyclic) bond motifs is 1. The summed E-state index contributed by atoms with van der Waals surface area (Å²) in [5, 5.41) is 19.0. The van der Waals surface area contributed by atoms with Crippen LogP contribution in [0.15, 0.2) is 33.7 Å². The molecule has 4 heteroatoms. The molecule has 1 aromatic carbocycles. The predicted octanol–water partition coefficient (Wildman–Crippen LogP) is 1.20. The number of phenols is 2. The molecule has 13 heavy (non-hydrogen) atoms. The van der Waals surface area contributed by atoms with Gasteiger partial charge in [-0.1, -0.05) is 0 Å². The van der Waals surface area contributed by atoms with Gasteiger partial charge in [0.05, 0.1) is 6.26 Å². The van der Waals surface area contributed by atoms with Crippen molar-refractivity contribution in [3.8, 4) is 11.5 Å². The van der Waals surface area contributed by atoms with E-state index in [2.05, 4.69) is 4.42 Å². The quantitative estimate of drug-likeness (QED) is 0.635. The third-order valence-corrected chi connectivity index (χ3v) is 1.76. The number of hydrogen-bond acceptors (Lipinski definition) is 4. The Morgan fingerprint density at radius 3 is 2.77 bits per heavy atom. The molecule has 1 heterocycles. The Kier molecular flexibility index (Phi) is 1.48. The van der Waals surface area contributed by atoms with Gasteiger partial charge in [0.25, 0.3) is 0 Å². The summed E-state index contributed by atoms with van der Waals surface area (Å²) in [7, 11) is 0. The first-order valence-electron chi connectivity index (χ1n) is 3.62. The third kappa shape index (κ3) is 1.12. The number of benzene rings is 1. The lowest BCUT2D eigenvalue weighted by Gasteiger charge is -1.99.